The summed E-state index contributed by atoms with van der Waals surface area (Å²) in [4.78, 5) is 0.957. The third-order valence-electron chi connectivity index (χ3n) is 4.56. The van der Waals surface area contributed by atoms with Gasteiger partial charge in [-0.1, -0.05) is 20.3 Å². The van der Waals surface area contributed by atoms with Crippen LogP contribution in [0.4, 0.5) is 0 Å². The van der Waals surface area contributed by atoms with Gasteiger partial charge < -0.3 is 5.73 Å². The number of hydrogen-bond donors (Lipinski definition) is 1. The average Bonchev–Trinajstić information content (AvgIpc) is 2.81. The first-order chi connectivity index (χ1) is 9.32. The van der Waals surface area contributed by atoms with Crippen LogP contribution in [0.1, 0.15) is 43.6 Å². The zero-order valence-electron chi connectivity index (χ0n) is 12.5. The van der Waals surface area contributed by atoms with Crippen molar-refractivity contribution in [3.8, 4) is 0 Å². The number of nitrogens with zero attached hydrogens (tertiary/aromatic N) is 1. The monoisotopic (exact) mass is 316 g/mol. The Hall–Kier alpha value is -0.430. The van der Waals surface area contributed by atoms with Crippen LogP contribution in [0, 0.1) is 12.3 Å². The van der Waals surface area contributed by atoms with Gasteiger partial charge in [0.25, 0.3) is 10.0 Å². The van der Waals surface area contributed by atoms with E-state index < -0.39 is 10.0 Å². The maximum Gasteiger partial charge on any atom is 0.252 e. The molecule has 1 aromatic heterocycles. The molecule has 20 heavy (non-hydrogen) atoms. The molecule has 1 aliphatic rings. The van der Waals surface area contributed by atoms with Gasteiger partial charge >= 0.3 is 0 Å². The molecule has 4 nitrogen and oxygen atoms in total. The highest BCUT2D eigenvalue weighted by molar-refractivity contribution is 7.91. The molecule has 0 unspecified atom stereocenters. The second-order valence-corrected chi connectivity index (χ2v) is 9.25. The molecule has 6 heteroatoms. The van der Waals surface area contributed by atoms with E-state index >= 15 is 0 Å². The zero-order chi connectivity index (χ0) is 15.0. The Morgan fingerprint density at radius 3 is 2.45 bits per heavy atom. The summed E-state index contributed by atoms with van der Waals surface area (Å²) in [5.41, 5.74) is 6.91. The quantitative estimate of drug-likeness (QED) is 0.929. The largest absolute Gasteiger partial charge is 0.326 e. The molecule has 2 N–H and O–H groups in total. The first-order valence-electron chi connectivity index (χ1n) is 7.12. The van der Waals surface area contributed by atoms with Crippen LogP contribution in [0.25, 0.3) is 0 Å². The van der Waals surface area contributed by atoms with Crippen molar-refractivity contribution in [3.63, 3.8) is 0 Å². The van der Waals surface area contributed by atoms with Crippen LogP contribution in [0.2, 0.25) is 0 Å². The van der Waals surface area contributed by atoms with Crippen LogP contribution in [0.3, 0.4) is 0 Å². The molecule has 114 valence electrons. The van der Waals surface area contributed by atoms with E-state index in [4.69, 9.17) is 5.73 Å². The fraction of sp³-hybridized carbons (Fsp3) is 0.714. The van der Waals surface area contributed by atoms with Gasteiger partial charge in [-0.3, -0.25) is 0 Å². The lowest BCUT2D eigenvalue weighted by Gasteiger charge is -2.37. The maximum atomic E-state index is 12.7. The molecule has 1 aliphatic heterocycles. The molecular weight excluding hydrogens is 292 g/mol. The Morgan fingerprint density at radius 1 is 1.40 bits per heavy atom. The Balaban J connectivity index is 2.19. The summed E-state index contributed by atoms with van der Waals surface area (Å²) in [6.45, 7) is 8.00. The second kappa shape index (κ2) is 5.75. The molecule has 0 bridgehead atoms. The predicted octanol–water partition coefficient (Wildman–Crippen LogP) is 2.72. The predicted molar refractivity (Wildman–Crippen MR) is 83.3 cm³/mol. The number of aryl methyl sites for hydroxylation is 1. The topological polar surface area (TPSA) is 63.4 Å². The Morgan fingerprint density at radius 2 is 2.00 bits per heavy atom. The van der Waals surface area contributed by atoms with Gasteiger partial charge in [0.05, 0.1) is 0 Å². The van der Waals surface area contributed by atoms with Gasteiger partial charge in [0.2, 0.25) is 0 Å². The van der Waals surface area contributed by atoms with Gasteiger partial charge in [-0.2, -0.15) is 4.31 Å². The van der Waals surface area contributed by atoms with Crippen molar-refractivity contribution in [2.24, 2.45) is 11.1 Å². The van der Waals surface area contributed by atoms with Crippen molar-refractivity contribution in [2.75, 3.05) is 13.1 Å². The lowest BCUT2D eigenvalue weighted by atomic mass is 9.79. The number of piperidine rings is 1. The van der Waals surface area contributed by atoms with Crippen molar-refractivity contribution >= 4 is 21.4 Å². The molecule has 2 rings (SSSR count). The van der Waals surface area contributed by atoms with Crippen molar-refractivity contribution in [2.45, 2.75) is 50.8 Å². The van der Waals surface area contributed by atoms with E-state index in [1.807, 2.05) is 6.92 Å². The van der Waals surface area contributed by atoms with Crippen LogP contribution < -0.4 is 5.73 Å². The summed E-state index contributed by atoms with van der Waals surface area (Å²) in [5.74, 6) is 0. The first kappa shape index (κ1) is 15.9. The SMILES string of the molecule is CCC1(C)CCN(S(=O)(=O)c2cc(C)c(CN)s2)CC1. The Labute approximate surface area is 126 Å². The van der Waals surface area contributed by atoms with Gasteiger partial charge in [-0.25, -0.2) is 8.42 Å². The minimum absolute atomic E-state index is 0.291. The highest BCUT2D eigenvalue weighted by atomic mass is 32.2. The van der Waals surface area contributed by atoms with E-state index in [1.165, 1.54) is 11.3 Å². The number of nitrogens with two attached hydrogens (primary N) is 1. The first-order valence-corrected chi connectivity index (χ1v) is 9.37. The van der Waals surface area contributed by atoms with Gasteiger partial charge in [-0.05, 0) is 36.8 Å². The highest BCUT2D eigenvalue weighted by Gasteiger charge is 2.35. The fourth-order valence-electron chi connectivity index (χ4n) is 2.57. The van der Waals surface area contributed by atoms with E-state index in [9.17, 15) is 8.42 Å². The molecule has 1 fully saturated rings. The van der Waals surface area contributed by atoms with E-state index in [0.717, 1.165) is 29.7 Å². The molecule has 1 saturated heterocycles. The van der Waals surface area contributed by atoms with Gasteiger partial charge in [0.1, 0.15) is 4.21 Å². The summed E-state index contributed by atoms with van der Waals surface area (Å²) in [7, 11) is -3.34. The van der Waals surface area contributed by atoms with Crippen molar-refractivity contribution in [1.29, 1.82) is 0 Å². The van der Waals surface area contributed by atoms with Crippen molar-refractivity contribution < 1.29 is 8.42 Å². The average molecular weight is 316 g/mol. The van der Waals surface area contributed by atoms with Crippen LogP contribution in [-0.4, -0.2) is 25.8 Å². The second-order valence-electron chi connectivity index (χ2n) is 5.94. The minimum atomic E-state index is -3.34. The maximum absolute atomic E-state index is 12.7. The number of rotatable bonds is 4. The molecule has 0 atom stereocenters. The fourth-order valence-corrected chi connectivity index (χ4v) is 5.63. The molecule has 0 saturated carbocycles. The standard InChI is InChI=1S/C14H24N2O2S2/c1-4-14(3)5-7-16(8-6-14)20(17,18)13-9-11(2)12(10-15)19-13/h9H,4-8,10,15H2,1-3H3. The van der Waals surface area contributed by atoms with Crippen LogP contribution in [0.5, 0.6) is 0 Å². The number of thiophene rings is 1. The molecule has 0 aromatic carbocycles. The molecule has 2 heterocycles. The third kappa shape index (κ3) is 2.93. The lowest BCUT2D eigenvalue weighted by Crippen LogP contribution is -2.41. The van der Waals surface area contributed by atoms with Crippen LogP contribution in [0.15, 0.2) is 10.3 Å². The van der Waals surface area contributed by atoms with Crippen molar-refractivity contribution in [1.82, 2.24) is 4.31 Å². The summed E-state index contributed by atoms with van der Waals surface area (Å²) in [5, 5.41) is 0. The summed E-state index contributed by atoms with van der Waals surface area (Å²) in [6.07, 6.45) is 2.99. The third-order valence-corrected chi connectivity index (χ3v) is 8.17. The molecule has 1 aromatic rings. The molecular formula is C14H24N2O2S2. The van der Waals surface area contributed by atoms with E-state index in [2.05, 4.69) is 13.8 Å². The minimum Gasteiger partial charge on any atom is -0.326 e. The molecule has 0 amide bonds. The summed E-state index contributed by atoms with van der Waals surface area (Å²) in [6, 6.07) is 1.76. The highest BCUT2D eigenvalue weighted by Crippen LogP contribution is 2.37. The van der Waals surface area contributed by atoms with Crippen molar-refractivity contribution in [3.05, 3.63) is 16.5 Å². The summed E-state index contributed by atoms with van der Waals surface area (Å²) < 4.78 is 27.4. The van der Waals surface area contributed by atoms with Crippen LogP contribution in [-0.2, 0) is 16.6 Å². The van der Waals surface area contributed by atoms with Crippen LogP contribution >= 0.6 is 11.3 Å². The summed E-state index contributed by atoms with van der Waals surface area (Å²) >= 11 is 1.31. The lowest BCUT2D eigenvalue weighted by molar-refractivity contribution is 0.169. The van der Waals surface area contributed by atoms with E-state index in [-0.39, 0.29) is 0 Å². The number of hydrogen-bond acceptors (Lipinski definition) is 4. The normalized spacial score (nSPS) is 20.2. The molecule has 0 spiro atoms. The van der Waals surface area contributed by atoms with E-state index in [0.29, 0.717) is 29.3 Å². The molecule has 0 radical (unpaired) electrons. The zero-order valence-corrected chi connectivity index (χ0v) is 14.1. The Bertz CT molecular complexity index is 570. The molecule has 0 aliphatic carbocycles. The smallest absolute Gasteiger partial charge is 0.252 e. The van der Waals surface area contributed by atoms with Gasteiger partial charge in [0.15, 0.2) is 0 Å². The Kier molecular flexibility index (Phi) is 4.59. The number of sulfonamides is 1. The van der Waals surface area contributed by atoms with E-state index in [1.54, 1.807) is 10.4 Å². The van der Waals surface area contributed by atoms with Gasteiger partial charge in [-0.15, -0.1) is 11.3 Å². The van der Waals surface area contributed by atoms with Gasteiger partial charge in [0, 0.05) is 24.5 Å².